The van der Waals surface area contributed by atoms with Gasteiger partial charge < -0.3 is 10.6 Å². The minimum Gasteiger partial charge on any atom is -0.370 e. The summed E-state index contributed by atoms with van der Waals surface area (Å²) in [7, 11) is 0. The van der Waals surface area contributed by atoms with Crippen molar-refractivity contribution < 1.29 is 0 Å². The van der Waals surface area contributed by atoms with E-state index in [1.807, 2.05) is 37.3 Å². The molecule has 3 aromatic rings. The van der Waals surface area contributed by atoms with Crippen LogP contribution in [-0.2, 0) is 6.42 Å². The van der Waals surface area contributed by atoms with Crippen LogP contribution in [0.2, 0.25) is 5.02 Å². The van der Waals surface area contributed by atoms with E-state index in [1.165, 1.54) is 5.56 Å². The summed E-state index contributed by atoms with van der Waals surface area (Å²) in [4.78, 5) is 8.76. The van der Waals surface area contributed by atoms with Gasteiger partial charge in [-0.1, -0.05) is 48.0 Å². The summed E-state index contributed by atoms with van der Waals surface area (Å²) < 4.78 is 0. The molecule has 0 fully saturated rings. The van der Waals surface area contributed by atoms with Crippen molar-refractivity contribution in [2.24, 2.45) is 0 Å². The summed E-state index contributed by atoms with van der Waals surface area (Å²) >= 11 is 6.14. The van der Waals surface area contributed by atoms with Crippen molar-refractivity contribution in [1.82, 2.24) is 9.97 Å². The average molecular weight is 339 g/mol. The summed E-state index contributed by atoms with van der Waals surface area (Å²) in [6.07, 6.45) is 2.68. The highest BCUT2D eigenvalue weighted by atomic mass is 35.5. The molecule has 5 heteroatoms. The number of hydrogen-bond donors (Lipinski definition) is 2. The van der Waals surface area contributed by atoms with Gasteiger partial charge in [-0.3, -0.25) is 0 Å². The van der Waals surface area contributed by atoms with E-state index in [0.717, 1.165) is 35.1 Å². The highest BCUT2D eigenvalue weighted by Crippen LogP contribution is 2.25. The first kappa shape index (κ1) is 16.3. The largest absolute Gasteiger partial charge is 0.370 e. The fourth-order valence-corrected chi connectivity index (χ4v) is 2.53. The van der Waals surface area contributed by atoms with Gasteiger partial charge in [0.15, 0.2) is 0 Å². The maximum absolute atomic E-state index is 6.14. The van der Waals surface area contributed by atoms with Crippen molar-refractivity contribution in [3.05, 3.63) is 76.9 Å². The van der Waals surface area contributed by atoms with Crippen LogP contribution in [0.3, 0.4) is 0 Å². The summed E-state index contributed by atoms with van der Waals surface area (Å²) in [5, 5.41) is 7.26. The average Bonchev–Trinajstić information content (AvgIpc) is 2.60. The second-order valence-corrected chi connectivity index (χ2v) is 5.87. The lowest BCUT2D eigenvalue weighted by Crippen LogP contribution is -2.08. The van der Waals surface area contributed by atoms with Gasteiger partial charge in [0.1, 0.15) is 5.82 Å². The second-order valence-electron chi connectivity index (χ2n) is 5.47. The van der Waals surface area contributed by atoms with Crippen molar-refractivity contribution in [2.75, 3.05) is 17.2 Å². The van der Waals surface area contributed by atoms with Crippen molar-refractivity contribution in [2.45, 2.75) is 13.3 Å². The van der Waals surface area contributed by atoms with E-state index in [9.17, 15) is 0 Å². The molecule has 0 aliphatic carbocycles. The lowest BCUT2D eigenvalue weighted by Gasteiger charge is -2.11. The summed E-state index contributed by atoms with van der Waals surface area (Å²) in [6, 6.07) is 18.0. The number of nitrogens with one attached hydrogen (secondary N) is 2. The van der Waals surface area contributed by atoms with Gasteiger partial charge in [0.05, 0.1) is 0 Å². The van der Waals surface area contributed by atoms with Crippen LogP contribution in [0.4, 0.5) is 17.5 Å². The van der Waals surface area contributed by atoms with E-state index in [4.69, 9.17) is 11.6 Å². The van der Waals surface area contributed by atoms with Gasteiger partial charge >= 0.3 is 0 Å². The van der Waals surface area contributed by atoms with Crippen molar-refractivity contribution in [1.29, 1.82) is 0 Å². The Hall–Kier alpha value is -2.59. The Morgan fingerprint density at radius 2 is 1.83 bits per heavy atom. The molecule has 2 N–H and O–H groups in total. The van der Waals surface area contributed by atoms with E-state index in [1.54, 1.807) is 6.20 Å². The van der Waals surface area contributed by atoms with Crippen LogP contribution in [0, 0.1) is 6.92 Å². The zero-order valence-corrected chi connectivity index (χ0v) is 14.2. The predicted octanol–water partition coefficient (Wildman–Crippen LogP) is 4.84. The Bertz CT molecular complexity index is 805. The third-order valence-corrected chi connectivity index (χ3v) is 4.14. The molecule has 0 bridgehead atoms. The standard InChI is InChI=1S/C19H19ClN4/c1-14-16(20)8-5-9-17(14)23-19-22-13-11-18(24-19)21-12-10-15-6-3-2-4-7-15/h2-9,11,13H,10,12H2,1H3,(H2,21,22,23,24). The minimum atomic E-state index is 0.546. The second kappa shape index (κ2) is 7.79. The van der Waals surface area contributed by atoms with E-state index in [-0.39, 0.29) is 0 Å². The molecule has 2 aromatic carbocycles. The van der Waals surface area contributed by atoms with Crippen molar-refractivity contribution in [3.63, 3.8) is 0 Å². The molecule has 0 aliphatic heterocycles. The van der Waals surface area contributed by atoms with Gasteiger partial charge in [-0.2, -0.15) is 4.98 Å². The quantitative estimate of drug-likeness (QED) is 0.675. The van der Waals surface area contributed by atoms with E-state index >= 15 is 0 Å². The van der Waals surface area contributed by atoms with Crippen LogP contribution in [-0.4, -0.2) is 16.5 Å². The van der Waals surface area contributed by atoms with E-state index < -0.39 is 0 Å². The zero-order valence-electron chi connectivity index (χ0n) is 13.5. The van der Waals surface area contributed by atoms with Crippen molar-refractivity contribution in [3.8, 4) is 0 Å². The van der Waals surface area contributed by atoms with E-state index in [0.29, 0.717) is 5.95 Å². The van der Waals surface area contributed by atoms with Gasteiger partial charge in [-0.15, -0.1) is 0 Å². The molecule has 4 nitrogen and oxygen atoms in total. The number of anilines is 3. The zero-order chi connectivity index (χ0) is 16.8. The van der Waals surface area contributed by atoms with Gasteiger partial charge in [0.2, 0.25) is 5.95 Å². The first-order chi connectivity index (χ1) is 11.7. The van der Waals surface area contributed by atoms with Gasteiger partial charge in [-0.05, 0) is 42.7 Å². The van der Waals surface area contributed by atoms with Crippen LogP contribution in [0.15, 0.2) is 60.8 Å². The number of hydrogen-bond acceptors (Lipinski definition) is 4. The molecule has 0 spiro atoms. The fraction of sp³-hybridized carbons (Fsp3) is 0.158. The molecule has 3 rings (SSSR count). The molecule has 1 heterocycles. The molecule has 1 aromatic heterocycles. The Kier molecular flexibility index (Phi) is 5.29. The smallest absolute Gasteiger partial charge is 0.229 e. The maximum atomic E-state index is 6.14. The van der Waals surface area contributed by atoms with Crippen LogP contribution < -0.4 is 10.6 Å². The molecule has 0 amide bonds. The third kappa shape index (κ3) is 4.24. The fourth-order valence-electron chi connectivity index (χ4n) is 2.36. The molecule has 0 atom stereocenters. The molecule has 0 aliphatic rings. The summed E-state index contributed by atoms with van der Waals surface area (Å²) in [6.45, 7) is 2.78. The SMILES string of the molecule is Cc1c(Cl)cccc1Nc1nccc(NCCc2ccccc2)n1. The van der Waals surface area contributed by atoms with Crippen LogP contribution in [0.25, 0.3) is 0 Å². The third-order valence-electron chi connectivity index (χ3n) is 3.73. The molecule has 24 heavy (non-hydrogen) atoms. The Morgan fingerprint density at radius 1 is 1.00 bits per heavy atom. The number of benzene rings is 2. The topological polar surface area (TPSA) is 49.8 Å². The summed E-state index contributed by atoms with van der Waals surface area (Å²) in [5.74, 6) is 1.34. The normalized spacial score (nSPS) is 10.4. The number of nitrogens with zero attached hydrogens (tertiary/aromatic N) is 2. The van der Waals surface area contributed by atoms with Gasteiger partial charge in [-0.25, -0.2) is 4.98 Å². The number of rotatable bonds is 6. The number of aromatic nitrogens is 2. The van der Waals surface area contributed by atoms with Crippen LogP contribution in [0.5, 0.6) is 0 Å². The lowest BCUT2D eigenvalue weighted by molar-refractivity contribution is 1.00. The minimum absolute atomic E-state index is 0.546. The first-order valence-electron chi connectivity index (χ1n) is 7.85. The monoisotopic (exact) mass is 338 g/mol. The molecule has 122 valence electrons. The Labute approximate surface area is 146 Å². The summed E-state index contributed by atoms with van der Waals surface area (Å²) in [5.41, 5.74) is 3.18. The lowest BCUT2D eigenvalue weighted by atomic mass is 10.1. The highest BCUT2D eigenvalue weighted by Gasteiger charge is 2.05. The van der Waals surface area contributed by atoms with Crippen LogP contribution in [0.1, 0.15) is 11.1 Å². The molecule has 0 radical (unpaired) electrons. The Balaban J connectivity index is 1.62. The van der Waals surface area contributed by atoms with Crippen LogP contribution >= 0.6 is 11.6 Å². The maximum Gasteiger partial charge on any atom is 0.229 e. The van der Waals surface area contributed by atoms with Gasteiger partial charge in [0.25, 0.3) is 0 Å². The molecular formula is C19H19ClN4. The van der Waals surface area contributed by atoms with Crippen molar-refractivity contribution >= 4 is 29.1 Å². The molecule has 0 saturated heterocycles. The highest BCUT2D eigenvalue weighted by molar-refractivity contribution is 6.31. The number of halogens is 1. The predicted molar refractivity (Wildman–Crippen MR) is 100 cm³/mol. The van der Waals surface area contributed by atoms with Gasteiger partial charge in [0, 0.05) is 23.5 Å². The molecule has 0 saturated carbocycles. The Morgan fingerprint density at radius 3 is 2.67 bits per heavy atom. The molecular weight excluding hydrogens is 320 g/mol. The van der Waals surface area contributed by atoms with E-state index in [2.05, 4.69) is 44.9 Å². The molecule has 0 unspecified atom stereocenters. The first-order valence-corrected chi connectivity index (χ1v) is 8.23.